The minimum Gasteiger partial charge on any atom is -0.463 e. The SMILES string of the molecule is Clc1nc(Cl)nc(OCCCOCc2ccccc2)n1. The zero-order valence-electron chi connectivity index (χ0n) is 10.6. The molecule has 20 heavy (non-hydrogen) atoms. The van der Waals surface area contributed by atoms with Crippen LogP contribution in [0.25, 0.3) is 0 Å². The van der Waals surface area contributed by atoms with Gasteiger partial charge in [-0.1, -0.05) is 30.3 Å². The van der Waals surface area contributed by atoms with Gasteiger partial charge >= 0.3 is 6.01 Å². The lowest BCUT2D eigenvalue weighted by molar-refractivity contribution is 0.106. The fraction of sp³-hybridized carbons (Fsp3) is 0.308. The number of hydrogen-bond donors (Lipinski definition) is 0. The van der Waals surface area contributed by atoms with Crippen LogP contribution in [0.3, 0.4) is 0 Å². The second-order valence-electron chi connectivity index (χ2n) is 3.90. The fourth-order valence-corrected chi connectivity index (χ4v) is 1.81. The van der Waals surface area contributed by atoms with Gasteiger partial charge in [-0.3, -0.25) is 0 Å². The molecule has 106 valence electrons. The molecule has 1 aromatic heterocycles. The predicted molar refractivity (Wildman–Crippen MR) is 76.1 cm³/mol. The van der Waals surface area contributed by atoms with Crippen LogP contribution in [0.1, 0.15) is 12.0 Å². The van der Waals surface area contributed by atoms with Gasteiger partial charge in [-0.05, 0) is 28.8 Å². The fourth-order valence-electron chi connectivity index (χ4n) is 1.46. The molecule has 0 saturated carbocycles. The summed E-state index contributed by atoms with van der Waals surface area (Å²) in [6.07, 6.45) is 0.716. The van der Waals surface area contributed by atoms with Crippen LogP contribution in [0.5, 0.6) is 6.01 Å². The summed E-state index contributed by atoms with van der Waals surface area (Å²) in [6, 6.07) is 10.1. The smallest absolute Gasteiger partial charge is 0.322 e. The van der Waals surface area contributed by atoms with Crippen LogP contribution >= 0.6 is 23.2 Å². The summed E-state index contributed by atoms with van der Waals surface area (Å²) in [7, 11) is 0. The zero-order chi connectivity index (χ0) is 14.2. The number of rotatable bonds is 7. The normalized spacial score (nSPS) is 10.5. The molecule has 2 aromatic rings. The van der Waals surface area contributed by atoms with E-state index in [1.807, 2.05) is 30.3 Å². The van der Waals surface area contributed by atoms with Crippen molar-refractivity contribution in [2.45, 2.75) is 13.0 Å². The number of ether oxygens (including phenoxy) is 2. The topological polar surface area (TPSA) is 57.1 Å². The summed E-state index contributed by atoms with van der Waals surface area (Å²) >= 11 is 11.3. The Morgan fingerprint density at radius 3 is 2.30 bits per heavy atom. The molecule has 1 heterocycles. The second-order valence-corrected chi connectivity index (χ2v) is 4.57. The van der Waals surface area contributed by atoms with Crippen LogP contribution in [0.15, 0.2) is 30.3 Å². The molecule has 1 aromatic carbocycles. The largest absolute Gasteiger partial charge is 0.463 e. The molecular formula is C13H13Cl2N3O2. The van der Waals surface area contributed by atoms with Gasteiger partial charge in [-0.15, -0.1) is 0 Å². The molecule has 0 saturated heterocycles. The number of aromatic nitrogens is 3. The van der Waals surface area contributed by atoms with Crippen molar-refractivity contribution < 1.29 is 9.47 Å². The molecule has 2 rings (SSSR count). The van der Waals surface area contributed by atoms with E-state index in [4.69, 9.17) is 32.7 Å². The van der Waals surface area contributed by atoms with Crippen molar-refractivity contribution >= 4 is 23.2 Å². The van der Waals surface area contributed by atoms with Gasteiger partial charge in [-0.2, -0.15) is 15.0 Å². The van der Waals surface area contributed by atoms with Crippen molar-refractivity contribution in [1.29, 1.82) is 0 Å². The summed E-state index contributed by atoms with van der Waals surface area (Å²) in [5.74, 6) is 0. The highest BCUT2D eigenvalue weighted by Gasteiger charge is 2.03. The van der Waals surface area contributed by atoms with E-state index < -0.39 is 0 Å². The summed E-state index contributed by atoms with van der Waals surface area (Å²) in [5, 5.41) is 0.0284. The molecule has 0 unspecified atom stereocenters. The van der Waals surface area contributed by atoms with E-state index in [0.717, 1.165) is 5.56 Å². The molecule has 0 N–H and O–H groups in total. The maximum absolute atomic E-state index is 5.63. The lowest BCUT2D eigenvalue weighted by Crippen LogP contribution is -2.06. The maximum atomic E-state index is 5.63. The Morgan fingerprint density at radius 2 is 1.60 bits per heavy atom. The molecule has 0 radical (unpaired) electrons. The maximum Gasteiger partial charge on any atom is 0.322 e. The van der Waals surface area contributed by atoms with Gasteiger partial charge in [0.15, 0.2) is 0 Å². The first kappa shape index (κ1) is 15.0. The quantitative estimate of drug-likeness (QED) is 0.735. The highest BCUT2D eigenvalue weighted by atomic mass is 35.5. The lowest BCUT2D eigenvalue weighted by atomic mass is 10.2. The first-order valence-electron chi connectivity index (χ1n) is 6.05. The molecule has 0 aliphatic carbocycles. The van der Waals surface area contributed by atoms with Crippen LogP contribution in [0.4, 0.5) is 0 Å². The van der Waals surface area contributed by atoms with Gasteiger partial charge in [-0.25, -0.2) is 0 Å². The summed E-state index contributed by atoms with van der Waals surface area (Å²) in [4.78, 5) is 11.2. The van der Waals surface area contributed by atoms with Gasteiger partial charge in [0.2, 0.25) is 10.6 Å². The Bertz CT molecular complexity index is 520. The summed E-state index contributed by atoms with van der Waals surface area (Å²) in [6.45, 7) is 1.59. The average Bonchev–Trinajstić information content (AvgIpc) is 2.43. The summed E-state index contributed by atoms with van der Waals surface area (Å²) < 4.78 is 10.8. The van der Waals surface area contributed by atoms with Crippen molar-refractivity contribution in [2.24, 2.45) is 0 Å². The molecule has 7 heteroatoms. The Kier molecular flexibility index (Phi) is 5.98. The van der Waals surface area contributed by atoms with Crippen molar-refractivity contribution in [2.75, 3.05) is 13.2 Å². The van der Waals surface area contributed by atoms with Crippen LogP contribution in [-0.4, -0.2) is 28.2 Å². The summed E-state index contributed by atoms with van der Waals surface area (Å²) in [5.41, 5.74) is 1.14. The Hall–Kier alpha value is -1.43. The zero-order valence-corrected chi connectivity index (χ0v) is 12.1. The van der Waals surface area contributed by atoms with E-state index in [2.05, 4.69) is 15.0 Å². The third-order valence-corrected chi connectivity index (χ3v) is 2.67. The number of hydrogen-bond acceptors (Lipinski definition) is 5. The van der Waals surface area contributed by atoms with E-state index >= 15 is 0 Å². The van der Waals surface area contributed by atoms with E-state index in [9.17, 15) is 0 Å². The number of benzene rings is 1. The van der Waals surface area contributed by atoms with E-state index in [-0.39, 0.29) is 16.6 Å². The number of halogens is 2. The highest BCUT2D eigenvalue weighted by molar-refractivity contribution is 6.31. The van der Waals surface area contributed by atoms with Gasteiger partial charge in [0.25, 0.3) is 0 Å². The Labute approximate surface area is 126 Å². The molecule has 0 atom stereocenters. The Morgan fingerprint density at radius 1 is 0.900 bits per heavy atom. The molecule has 0 amide bonds. The Balaban J connectivity index is 1.62. The first-order valence-corrected chi connectivity index (χ1v) is 6.81. The second kappa shape index (κ2) is 7.99. The van der Waals surface area contributed by atoms with Crippen molar-refractivity contribution in [1.82, 2.24) is 15.0 Å². The van der Waals surface area contributed by atoms with Crippen molar-refractivity contribution in [3.8, 4) is 6.01 Å². The van der Waals surface area contributed by atoms with Crippen LogP contribution < -0.4 is 4.74 Å². The monoisotopic (exact) mass is 313 g/mol. The average molecular weight is 314 g/mol. The molecule has 5 nitrogen and oxygen atoms in total. The van der Waals surface area contributed by atoms with Crippen LogP contribution in [0, 0.1) is 0 Å². The van der Waals surface area contributed by atoms with E-state index in [1.165, 1.54) is 0 Å². The minimum atomic E-state index is 0.0142. The standard InChI is InChI=1S/C13H13Cl2N3O2/c14-11-16-12(15)18-13(17-11)20-8-4-7-19-9-10-5-2-1-3-6-10/h1-3,5-6H,4,7-9H2. The van der Waals surface area contributed by atoms with Gasteiger partial charge in [0.05, 0.1) is 19.8 Å². The van der Waals surface area contributed by atoms with Gasteiger partial charge in [0.1, 0.15) is 0 Å². The molecule has 0 aliphatic heterocycles. The molecule has 0 fully saturated rings. The van der Waals surface area contributed by atoms with E-state index in [1.54, 1.807) is 0 Å². The van der Waals surface area contributed by atoms with Crippen molar-refractivity contribution in [3.05, 3.63) is 46.5 Å². The molecule has 0 aliphatic rings. The van der Waals surface area contributed by atoms with Crippen LogP contribution in [-0.2, 0) is 11.3 Å². The van der Waals surface area contributed by atoms with Gasteiger partial charge < -0.3 is 9.47 Å². The predicted octanol–water partition coefficient (Wildman–Crippen LogP) is 3.16. The van der Waals surface area contributed by atoms with Gasteiger partial charge in [0, 0.05) is 6.42 Å². The third-order valence-electron chi connectivity index (χ3n) is 2.34. The lowest BCUT2D eigenvalue weighted by Gasteiger charge is -2.06. The minimum absolute atomic E-state index is 0.0142. The number of nitrogens with zero attached hydrogens (tertiary/aromatic N) is 3. The first-order chi connectivity index (χ1) is 9.74. The third kappa shape index (κ3) is 5.28. The molecular weight excluding hydrogens is 301 g/mol. The molecule has 0 spiro atoms. The van der Waals surface area contributed by atoms with Crippen molar-refractivity contribution in [3.63, 3.8) is 0 Å². The molecule has 0 bridgehead atoms. The van der Waals surface area contributed by atoms with E-state index in [0.29, 0.717) is 26.2 Å². The van der Waals surface area contributed by atoms with Crippen LogP contribution in [0.2, 0.25) is 10.6 Å². The highest BCUT2D eigenvalue weighted by Crippen LogP contribution is 2.11.